The fourth-order valence-electron chi connectivity index (χ4n) is 2.17. The molecule has 0 aliphatic rings. The van der Waals surface area contributed by atoms with Crippen LogP contribution in [0.5, 0.6) is 11.5 Å². The van der Waals surface area contributed by atoms with Gasteiger partial charge in [0.05, 0.1) is 20.2 Å². The second-order valence-electron chi connectivity index (χ2n) is 5.09. The van der Waals surface area contributed by atoms with Crippen LogP contribution in [0.2, 0.25) is 0 Å². The van der Waals surface area contributed by atoms with Gasteiger partial charge < -0.3 is 19.4 Å². The number of rotatable bonds is 8. The van der Waals surface area contributed by atoms with E-state index in [2.05, 4.69) is 9.71 Å². The number of carbonyl (C=O) groups is 1. The van der Waals surface area contributed by atoms with Gasteiger partial charge >= 0.3 is 0 Å². The fraction of sp³-hybridized carbons (Fsp3) is 0.176. The summed E-state index contributed by atoms with van der Waals surface area (Å²) in [7, 11) is -1.30. The maximum atomic E-state index is 12.7. The molecule has 0 fully saturated rings. The number of methoxy groups -OCH3 is 2. The summed E-state index contributed by atoms with van der Waals surface area (Å²) in [6.07, 6.45) is 5.11. The molecule has 0 amide bonds. The Morgan fingerprint density at radius 3 is 2.50 bits per heavy atom. The second kappa shape index (κ2) is 8.45. The first-order valence-corrected chi connectivity index (χ1v) is 8.89. The Kier molecular flexibility index (Phi) is 6.31. The molecule has 2 aromatic rings. The highest BCUT2D eigenvalue weighted by Gasteiger charge is 2.23. The van der Waals surface area contributed by atoms with Gasteiger partial charge in [0.15, 0.2) is 11.5 Å². The summed E-state index contributed by atoms with van der Waals surface area (Å²) in [5.41, 5.74) is 1.03. The van der Waals surface area contributed by atoms with Gasteiger partial charge in [-0.2, -0.15) is 0 Å². The Hall–Kier alpha value is -2.91. The van der Waals surface area contributed by atoms with E-state index in [0.717, 1.165) is 11.6 Å². The quantitative estimate of drug-likeness (QED) is 0.659. The van der Waals surface area contributed by atoms with Gasteiger partial charge in [-0.05, 0) is 41.5 Å². The minimum Gasteiger partial charge on any atom is -0.545 e. The standard InChI is InChI=1S/C17H18N2O6S/c1-24-14-9-13(3-4-16(20)21)10-15(17(14)25-2)26(22,23)19-11-12-5-7-18-8-6-12/h3-10,19H,11H2,1-2H3,(H,20,21)/p-1/b4-3+. The molecule has 1 N–H and O–H groups in total. The zero-order valence-corrected chi connectivity index (χ0v) is 14.9. The topological polar surface area (TPSA) is 118 Å². The molecule has 2 rings (SSSR count). The zero-order valence-electron chi connectivity index (χ0n) is 14.1. The molecule has 1 aromatic heterocycles. The van der Waals surface area contributed by atoms with Crippen molar-refractivity contribution in [1.29, 1.82) is 0 Å². The first-order valence-electron chi connectivity index (χ1n) is 7.41. The Balaban J connectivity index is 2.43. The number of carboxylic acid groups (broad SMARTS) is 1. The molecule has 0 aliphatic heterocycles. The zero-order chi connectivity index (χ0) is 19.2. The van der Waals surface area contributed by atoms with Crippen LogP contribution in [0.3, 0.4) is 0 Å². The van der Waals surface area contributed by atoms with Gasteiger partial charge in [-0.15, -0.1) is 0 Å². The summed E-state index contributed by atoms with van der Waals surface area (Å²) >= 11 is 0. The van der Waals surface area contributed by atoms with Gasteiger partial charge in [0, 0.05) is 18.9 Å². The Labute approximate surface area is 151 Å². The van der Waals surface area contributed by atoms with E-state index in [0.29, 0.717) is 5.56 Å². The van der Waals surface area contributed by atoms with Gasteiger partial charge in [-0.1, -0.05) is 6.08 Å². The molecule has 9 heteroatoms. The lowest BCUT2D eigenvalue weighted by atomic mass is 10.2. The number of ether oxygens (including phenoxy) is 2. The van der Waals surface area contributed by atoms with Crippen LogP contribution in [-0.4, -0.2) is 33.6 Å². The summed E-state index contributed by atoms with van der Waals surface area (Å²) in [6.45, 7) is 0.0510. The average molecular weight is 377 g/mol. The second-order valence-corrected chi connectivity index (χ2v) is 6.82. The molecule has 0 aliphatic carbocycles. The highest BCUT2D eigenvalue weighted by atomic mass is 32.2. The van der Waals surface area contributed by atoms with E-state index in [1.807, 2.05) is 0 Å². The molecule has 26 heavy (non-hydrogen) atoms. The van der Waals surface area contributed by atoms with Gasteiger partial charge in [0.1, 0.15) is 4.90 Å². The lowest BCUT2D eigenvalue weighted by Crippen LogP contribution is -2.24. The van der Waals surface area contributed by atoms with Crippen LogP contribution in [0.4, 0.5) is 0 Å². The van der Waals surface area contributed by atoms with Crippen LogP contribution < -0.4 is 19.3 Å². The number of carbonyl (C=O) groups excluding carboxylic acids is 1. The van der Waals surface area contributed by atoms with Gasteiger partial charge in [-0.3, -0.25) is 4.98 Å². The summed E-state index contributed by atoms with van der Waals surface area (Å²) in [6, 6.07) is 6.11. The summed E-state index contributed by atoms with van der Waals surface area (Å²) in [5.74, 6) is -1.24. The lowest BCUT2D eigenvalue weighted by molar-refractivity contribution is -0.297. The minimum absolute atomic E-state index is 0.0142. The van der Waals surface area contributed by atoms with Crippen molar-refractivity contribution in [1.82, 2.24) is 9.71 Å². The van der Waals surface area contributed by atoms with Crippen LogP contribution in [0.15, 0.2) is 47.6 Å². The van der Waals surface area contributed by atoms with Crippen molar-refractivity contribution in [3.05, 3.63) is 53.9 Å². The Morgan fingerprint density at radius 2 is 1.92 bits per heavy atom. The van der Waals surface area contributed by atoms with Crippen LogP contribution in [0.25, 0.3) is 6.08 Å². The maximum Gasteiger partial charge on any atom is 0.244 e. The fourth-order valence-corrected chi connectivity index (χ4v) is 3.40. The predicted molar refractivity (Wildman–Crippen MR) is 91.8 cm³/mol. The van der Waals surface area contributed by atoms with E-state index in [1.165, 1.54) is 32.4 Å². The SMILES string of the molecule is COc1cc(/C=C/C(=O)[O-])cc(S(=O)(=O)NCc2ccncc2)c1OC. The first-order chi connectivity index (χ1) is 12.4. The number of sulfonamides is 1. The van der Waals surface area contributed by atoms with E-state index < -0.39 is 16.0 Å². The lowest BCUT2D eigenvalue weighted by Gasteiger charge is -2.15. The summed E-state index contributed by atoms with van der Waals surface area (Å²) < 4.78 is 38.3. The normalized spacial score (nSPS) is 11.5. The van der Waals surface area contributed by atoms with Crippen LogP contribution in [0, 0.1) is 0 Å². The summed E-state index contributed by atoms with van der Waals surface area (Å²) in [5, 5.41) is 10.6. The third-order valence-corrected chi connectivity index (χ3v) is 4.79. The third-order valence-electron chi connectivity index (χ3n) is 3.38. The van der Waals surface area contributed by atoms with Crippen molar-refractivity contribution in [3.63, 3.8) is 0 Å². The molecule has 0 unspecified atom stereocenters. The van der Waals surface area contributed by atoms with E-state index in [4.69, 9.17) is 9.47 Å². The molecule has 1 aromatic carbocycles. The van der Waals surface area contributed by atoms with Gasteiger partial charge in [-0.25, -0.2) is 13.1 Å². The molecule has 0 saturated heterocycles. The van der Waals surface area contributed by atoms with E-state index in [9.17, 15) is 18.3 Å². The monoisotopic (exact) mass is 377 g/mol. The molecular weight excluding hydrogens is 360 g/mol. The highest BCUT2D eigenvalue weighted by Crippen LogP contribution is 2.36. The number of aliphatic carboxylic acids is 1. The number of aromatic nitrogens is 1. The highest BCUT2D eigenvalue weighted by molar-refractivity contribution is 7.89. The van der Waals surface area contributed by atoms with Crippen LogP contribution in [-0.2, 0) is 21.4 Å². The van der Waals surface area contributed by atoms with Crippen molar-refractivity contribution in [3.8, 4) is 11.5 Å². The first kappa shape index (κ1) is 19.4. The van der Waals surface area contributed by atoms with Gasteiger partial charge in [0.2, 0.25) is 10.0 Å². The smallest absolute Gasteiger partial charge is 0.244 e. The van der Waals surface area contributed by atoms with Crippen molar-refractivity contribution >= 4 is 22.1 Å². The molecule has 8 nitrogen and oxygen atoms in total. The van der Waals surface area contributed by atoms with E-state index in [-0.39, 0.29) is 22.9 Å². The number of carboxylic acids is 1. The molecule has 138 valence electrons. The number of nitrogens with one attached hydrogen (secondary N) is 1. The predicted octanol–water partition coefficient (Wildman–Crippen LogP) is 0.340. The number of pyridine rings is 1. The summed E-state index contributed by atoms with van der Waals surface area (Å²) in [4.78, 5) is 14.3. The third kappa shape index (κ3) is 4.80. The number of hydrogen-bond donors (Lipinski definition) is 1. The maximum absolute atomic E-state index is 12.7. The van der Waals surface area contributed by atoms with E-state index in [1.54, 1.807) is 24.5 Å². The van der Waals surface area contributed by atoms with Crippen molar-refractivity contribution in [2.24, 2.45) is 0 Å². The van der Waals surface area contributed by atoms with Crippen molar-refractivity contribution < 1.29 is 27.8 Å². The van der Waals surface area contributed by atoms with E-state index >= 15 is 0 Å². The van der Waals surface area contributed by atoms with Gasteiger partial charge in [0.25, 0.3) is 0 Å². The molecular formula is C17H17N2O6S-. The Morgan fingerprint density at radius 1 is 1.23 bits per heavy atom. The number of hydrogen-bond acceptors (Lipinski definition) is 7. The average Bonchev–Trinajstić information content (AvgIpc) is 2.64. The molecule has 1 heterocycles. The minimum atomic E-state index is -3.97. The Bertz CT molecular complexity index is 910. The van der Waals surface area contributed by atoms with Crippen molar-refractivity contribution in [2.45, 2.75) is 11.4 Å². The molecule has 0 saturated carbocycles. The molecule has 0 bridgehead atoms. The van der Waals surface area contributed by atoms with Crippen LogP contribution in [0.1, 0.15) is 11.1 Å². The molecule has 0 spiro atoms. The van der Waals surface area contributed by atoms with Crippen molar-refractivity contribution in [2.75, 3.05) is 14.2 Å². The number of nitrogens with zero attached hydrogens (tertiary/aromatic N) is 1. The molecule has 0 radical (unpaired) electrons. The van der Waals surface area contributed by atoms with Crippen LogP contribution >= 0.6 is 0 Å². The number of benzene rings is 1. The largest absolute Gasteiger partial charge is 0.545 e. The molecule has 0 atom stereocenters.